The average Bonchev–Trinajstić information content (AvgIpc) is 3.16. The number of hydrogen-bond donors (Lipinski definition) is 1. The Morgan fingerprint density at radius 3 is 2.96 bits per heavy atom. The van der Waals surface area contributed by atoms with Crippen LogP contribution in [0.5, 0.6) is 0 Å². The van der Waals surface area contributed by atoms with Crippen molar-refractivity contribution in [2.24, 2.45) is 0 Å². The van der Waals surface area contributed by atoms with Gasteiger partial charge in [0.15, 0.2) is 6.29 Å². The van der Waals surface area contributed by atoms with E-state index in [9.17, 15) is 4.79 Å². The van der Waals surface area contributed by atoms with Crippen molar-refractivity contribution in [3.8, 4) is 5.69 Å². The van der Waals surface area contributed by atoms with Crippen LogP contribution >= 0.6 is 0 Å². The van der Waals surface area contributed by atoms with Crippen molar-refractivity contribution in [1.82, 2.24) is 20.3 Å². The molecule has 3 rings (SSSR count). The van der Waals surface area contributed by atoms with E-state index >= 15 is 0 Å². The smallest absolute Gasteiger partial charge is 0.243 e. The number of hydrogen-bond acceptors (Lipinski definition) is 5. The topological polar surface area (TPSA) is 78.3 Å². The molecule has 2 heterocycles. The van der Waals surface area contributed by atoms with Gasteiger partial charge in [-0.3, -0.25) is 4.79 Å². The summed E-state index contributed by atoms with van der Waals surface area (Å²) in [6.07, 6.45) is 6.95. The fourth-order valence-corrected chi connectivity index (χ4v) is 2.73. The molecule has 1 N–H and O–H groups in total. The van der Waals surface area contributed by atoms with Crippen LogP contribution in [-0.4, -0.2) is 40.3 Å². The number of carbonyl (C=O) groups is 1. The van der Waals surface area contributed by atoms with Gasteiger partial charge in [-0.1, -0.05) is 23.9 Å². The molecule has 0 saturated carbocycles. The zero-order chi connectivity index (χ0) is 18.2. The summed E-state index contributed by atoms with van der Waals surface area (Å²) in [7, 11) is 0. The summed E-state index contributed by atoms with van der Waals surface area (Å²) in [5.74, 6) is -0.155. The van der Waals surface area contributed by atoms with Gasteiger partial charge in [-0.15, -0.1) is 5.10 Å². The van der Waals surface area contributed by atoms with E-state index in [4.69, 9.17) is 9.47 Å². The lowest BCUT2D eigenvalue weighted by Gasteiger charge is -2.22. The van der Waals surface area contributed by atoms with Crippen molar-refractivity contribution >= 4 is 5.91 Å². The summed E-state index contributed by atoms with van der Waals surface area (Å²) in [5.41, 5.74) is 2.84. The van der Waals surface area contributed by atoms with E-state index in [1.165, 1.54) is 6.08 Å². The summed E-state index contributed by atoms with van der Waals surface area (Å²) in [5, 5.41) is 11.1. The average molecular weight is 356 g/mol. The van der Waals surface area contributed by atoms with Crippen molar-refractivity contribution in [3.05, 3.63) is 54.4 Å². The van der Waals surface area contributed by atoms with Crippen LogP contribution in [0.3, 0.4) is 0 Å². The minimum Gasteiger partial charge on any atom is -0.353 e. The lowest BCUT2D eigenvalue weighted by atomic mass is 10.1. The fraction of sp³-hybridized carbons (Fsp3) is 0.421. The van der Waals surface area contributed by atoms with Crippen LogP contribution in [0.4, 0.5) is 0 Å². The molecule has 7 nitrogen and oxygen atoms in total. The van der Waals surface area contributed by atoms with Crippen LogP contribution in [0, 0.1) is 0 Å². The molecule has 1 amide bonds. The van der Waals surface area contributed by atoms with Crippen molar-refractivity contribution in [1.29, 1.82) is 0 Å². The molecular formula is C19H24N4O3. The predicted octanol–water partition coefficient (Wildman–Crippen LogP) is 2.16. The maximum atomic E-state index is 11.1. The highest BCUT2D eigenvalue weighted by Crippen LogP contribution is 2.15. The van der Waals surface area contributed by atoms with Crippen molar-refractivity contribution < 1.29 is 14.3 Å². The quantitative estimate of drug-likeness (QED) is 0.733. The summed E-state index contributed by atoms with van der Waals surface area (Å²) in [6.45, 7) is 5.17. The predicted molar refractivity (Wildman–Crippen MR) is 96.6 cm³/mol. The molecule has 1 unspecified atom stereocenters. The first-order valence-corrected chi connectivity index (χ1v) is 8.88. The minimum absolute atomic E-state index is 0.130. The van der Waals surface area contributed by atoms with Gasteiger partial charge in [0.25, 0.3) is 0 Å². The first-order valence-electron chi connectivity index (χ1n) is 8.88. The highest BCUT2D eigenvalue weighted by atomic mass is 16.7. The standard InChI is InChI=1S/C19H24N4O3/c1-2-18(24)20-11-10-15-6-8-17(9-7-15)23-13-16(21-22-23)14-26-19-5-3-4-12-25-19/h2,6-9,13,19H,1,3-5,10-12,14H2,(H,20,24). The van der Waals surface area contributed by atoms with Crippen LogP contribution in [0.2, 0.25) is 0 Å². The Morgan fingerprint density at radius 2 is 2.23 bits per heavy atom. The number of aromatic nitrogens is 3. The number of ether oxygens (including phenoxy) is 2. The lowest BCUT2D eigenvalue weighted by molar-refractivity contribution is -0.169. The van der Waals surface area contributed by atoms with Gasteiger partial charge in [0.05, 0.1) is 18.5 Å². The van der Waals surface area contributed by atoms with E-state index in [2.05, 4.69) is 22.2 Å². The lowest BCUT2D eigenvalue weighted by Crippen LogP contribution is -2.23. The molecule has 1 atom stereocenters. The van der Waals surface area contributed by atoms with Crippen LogP contribution in [-0.2, 0) is 27.3 Å². The first kappa shape index (κ1) is 18.3. The maximum Gasteiger partial charge on any atom is 0.243 e. The maximum absolute atomic E-state index is 11.1. The highest BCUT2D eigenvalue weighted by Gasteiger charge is 2.15. The molecule has 1 aromatic carbocycles. The molecule has 0 bridgehead atoms. The third kappa shape index (κ3) is 5.24. The molecular weight excluding hydrogens is 332 g/mol. The highest BCUT2D eigenvalue weighted by molar-refractivity contribution is 5.86. The second-order valence-corrected chi connectivity index (χ2v) is 6.17. The first-order chi connectivity index (χ1) is 12.7. The third-order valence-electron chi connectivity index (χ3n) is 4.20. The number of carbonyl (C=O) groups excluding carboxylic acids is 1. The molecule has 1 aromatic heterocycles. The number of amides is 1. The Morgan fingerprint density at radius 1 is 1.38 bits per heavy atom. The monoisotopic (exact) mass is 356 g/mol. The Balaban J connectivity index is 1.50. The minimum atomic E-state index is -0.155. The number of rotatable bonds is 8. The van der Waals surface area contributed by atoms with E-state index < -0.39 is 0 Å². The van der Waals surface area contributed by atoms with Crippen LogP contribution in [0.1, 0.15) is 30.5 Å². The molecule has 1 aliphatic rings. The molecule has 1 aliphatic heterocycles. The number of nitrogens with zero attached hydrogens (tertiary/aromatic N) is 3. The zero-order valence-corrected chi connectivity index (χ0v) is 14.8. The van der Waals surface area contributed by atoms with Gasteiger partial charge < -0.3 is 14.8 Å². The summed E-state index contributed by atoms with van der Waals surface area (Å²) >= 11 is 0. The molecule has 0 radical (unpaired) electrons. The van der Waals surface area contributed by atoms with E-state index in [0.717, 1.165) is 49.2 Å². The Kier molecular flexibility index (Phi) is 6.51. The van der Waals surface area contributed by atoms with Gasteiger partial charge in [0.2, 0.25) is 5.91 Å². The Labute approximate surface area is 153 Å². The van der Waals surface area contributed by atoms with Crippen molar-refractivity contribution in [3.63, 3.8) is 0 Å². The molecule has 1 fully saturated rings. The van der Waals surface area contributed by atoms with Crippen LogP contribution < -0.4 is 5.32 Å². The molecule has 2 aromatic rings. The molecule has 138 valence electrons. The summed E-state index contributed by atoms with van der Waals surface area (Å²) in [6, 6.07) is 7.99. The van der Waals surface area contributed by atoms with E-state index in [1.807, 2.05) is 30.5 Å². The summed E-state index contributed by atoms with van der Waals surface area (Å²) in [4.78, 5) is 11.1. The van der Waals surface area contributed by atoms with Gasteiger partial charge in [0.1, 0.15) is 5.69 Å². The van der Waals surface area contributed by atoms with E-state index in [-0.39, 0.29) is 12.2 Å². The van der Waals surface area contributed by atoms with Gasteiger partial charge in [-0.25, -0.2) is 4.68 Å². The fourth-order valence-electron chi connectivity index (χ4n) is 2.73. The second kappa shape index (κ2) is 9.26. The second-order valence-electron chi connectivity index (χ2n) is 6.17. The van der Waals surface area contributed by atoms with Crippen molar-refractivity contribution in [2.45, 2.75) is 38.6 Å². The van der Waals surface area contributed by atoms with E-state index in [0.29, 0.717) is 13.2 Å². The molecule has 26 heavy (non-hydrogen) atoms. The molecule has 7 heteroatoms. The largest absolute Gasteiger partial charge is 0.353 e. The molecule has 1 saturated heterocycles. The van der Waals surface area contributed by atoms with Gasteiger partial charge in [0, 0.05) is 13.2 Å². The van der Waals surface area contributed by atoms with E-state index in [1.54, 1.807) is 4.68 Å². The number of nitrogens with one attached hydrogen (secondary N) is 1. The van der Waals surface area contributed by atoms with Gasteiger partial charge in [-0.05, 0) is 49.5 Å². The molecule has 0 aliphatic carbocycles. The SMILES string of the molecule is C=CC(=O)NCCc1ccc(-n2cc(COC3CCCCO3)nn2)cc1. The van der Waals surface area contributed by atoms with Crippen LogP contribution in [0.25, 0.3) is 5.69 Å². The number of benzene rings is 1. The van der Waals surface area contributed by atoms with Gasteiger partial charge in [-0.2, -0.15) is 0 Å². The van der Waals surface area contributed by atoms with Crippen molar-refractivity contribution in [2.75, 3.05) is 13.2 Å². The van der Waals surface area contributed by atoms with Gasteiger partial charge >= 0.3 is 0 Å². The molecule has 0 spiro atoms. The summed E-state index contributed by atoms with van der Waals surface area (Å²) < 4.78 is 13.0. The van der Waals surface area contributed by atoms with Crippen LogP contribution in [0.15, 0.2) is 43.1 Å². The normalized spacial score (nSPS) is 17.0. The Bertz CT molecular complexity index is 721. The zero-order valence-electron chi connectivity index (χ0n) is 14.8. The Hall–Kier alpha value is -2.51. The third-order valence-corrected chi connectivity index (χ3v) is 4.20.